The summed E-state index contributed by atoms with van der Waals surface area (Å²) in [5, 5.41) is 24.0. The molecule has 19 heavy (non-hydrogen) atoms. The molecule has 2 rings (SSSR count). The number of hydrogen-bond donors (Lipinski definition) is 4. The van der Waals surface area contributed by atoms with Crippen LogP contribution in [0.5, 0.6) is 0 Å². The van der Waals surface area contributed by atoms with Crippen LogP contribution < -0.4 is 10.6 Å². The summed E-state index contributed by atoms with van der Waals surface area (Å²) in [7, 11) is 0. The zero-order chi connectivity index (χ0) is 13.8. The predicted molar refractivity (Wildman–Crippen MR) is 65.7 cm³/mol. The highest BCUT2D eigenvalue weighted by Crippen LogP contribution is 2.18. The summed E-state index contributed by atoms with van der Waals surface area (Å²) in [6.45, 7) is 0.323. The summed E-state index contributed by atoms with van der Waals surface area (Å²) in [4.78, 5) is 22.7. The number of aliphatic hydroxyl groups is 1. The zero-order valence-electron chi connectivity index (χ0n) is 10.7. The predicted octanol–water partition coefficient (Wildman–Crippen LogP) is -0.311. The highest BCUT2D eigenvalue weighted by molar-refractivity contribution is 5.77. The van der Waals surface area contributed by atoms with Crippen LogP contribution in [0.25, 0.3) is 0 Å². The van der Waals surface area contributed by atoms with E-state index in [1.165, 1.54) is 0 Å². The van der Waals surface area contributed by atoms with Gasteiger partial charge in [0.25, 0.3) is 0 Å². The zero-order valence-corrected chi connectivity index (χ0v) is 10.7. The minimum Gasteiger partial charge on any atom is -0.481 e. The Bertz CT molecular complexity index is 349. The van der Waals surface area contributed by atoms with E-state index in [4.69, 9.17) is 9.84 Å². The molecule has 1 saturated heterocycles. The summed E-state index contributed by atoms with van der Waals surface area (Å²) >= 11 is 0. The molecular weight excluding hydrogens is 252 g/mol. The molecule has 2 aliphatic rings. The second kappa shape index (κ2) is 6.21. The lowest BCUT2D eigenvalue weighted by molar-refractivity contribution is -0.142. The Balaban J connectivity index is 1.82. The Morgan fingerprint density at radius 3 is 2.42 bits per heavy atom. The highest BCUT2D eigenvalue weighted by atomic mass is 16.5. The van der Waals surface area contributed by atoms with E-state index in [-0.39, 0.29) is 19.3 Å². The van der Waals surface area contributed by atoms with Gasteiger partial charge in [-0.15, -0.1) is 0 Å². The van der Waals surface area contributed by atoms with Crippen molar-refractivity contribution in [2.45, 2.75) is 43.9 Å². The van der Waals surface area contributed by atoms with Crippen LogP contribution in [0.1, 0.15) is 25.7 Å². The van der Waals surface area contributed by atoms with Gasteiger partial charge in [0.15, 0.2) is 0 Å². The van der Waals surface area contributed by atoms with Gasteiger partial charge in [0.1, 0.15) is 5.92 Å². The number of urea groups is 1. The van der Waals surface area contributed by atoms with Crippen molar-refractivity contribution in [2.24, 2.45) is 5.92 Å². The van der Waals surface area contributed by atoms with Crippen molar-refractivity contribution in [3.8, 4) is 0 Å². The van der Waals surface area contributed by atoms with Crippen molar-refractivity contribution in [1.82, 2.24) is 10.6 Å². The highest BCUT2D eigenvalue weighted by Gasteiger charge is 2.35. The fourth-order valence-corrected chi connectivity index (χ4v) is 2.60. The van der Waals surface area contributed by atoms with Crippen molar-refractivity contribution in [3.05, 3.63) is 0 Å². The summed E-state index contributed by atoms with van der Waals surface area (Å²) in [6, 6.07) is -1.20. The summed E-state index contributed by atoms with van der Waals surface area (Å²) in [5.74, 6) is -1.68. The quantitative estimate of drug-likeness (QED) is 0.563. The van der Waals surface area contributed by atoms with Crippen molar-refractivity contribution in [3.63, 3.8) is 0 Å². The maximum absolute atomic E-state index is 11.8. The molecular formula is C12H20N2O5. The van der Waals surface area contributed by atoms with E-state index < -0.39 is 30.1 Å². The number of aliphatic hydroxyl groups excluding tert-OH is 1. The number of carboxylic acid groups (broad SMARTS) is 1. The van der Waals surface area contributed by atoms with Gasteiger partial charge in [-0.3, -0.25) is 4.79 Å². The van der Waals surface area contributed by atoms with E-state index in [9.17, 15) is 14.7 Å². The van der Waals surface area contributed by atoms with E-state index in [0.29, 0.717) is 6.42 Å². The molecule has 4 N–H and O–H groups in total. The molecule has 1 aliphatic carbocycles. The summed E-state index contributed by atoms with van der Waals surface area (Å²) < 4.78 is 5.07. The molecule has 0 bridgehead atoms. The third-order valence-corrected chi connectivity index (χ3v) is 3.76. The standard InChI is InChI=1S/C12H20N2O5/c15-10-4-2-1-3-8(10)13-12(18)14-9-6-19-5-7(9)11(16)17/h7-10,15H,1-6H2,(H,16,17)(H2,13,14,18). The van der Waals surface area contributed by atoms with E-state index in [0.717, 1.165) is 19.3 Å². The molecule has 1 aliphatic heterocycles. The van der Waals surface area contributed by atoms with Crippen molar-refractivity contribution >= 4 is 12.0 Å². The lowest BCUT2D eigenvalue weighted by Crippen LogP contribution is -2.53. The minimum atomic E-state index is -0.972. The average molecular weight is 272 g/mol. The van der Waals surface area contributed by atoms with Gasteiger partial charge in [0.05, 0.1) is 31.4 Å². The van der Waals surface area contributed by atoms with Crippen LogP contribution in [0.15, 0.2) is 0 Å². The van der Waals surface area contributed by atoms with Gasteiger partial charge in [0.2, 0.25) is 0 Å². The topological polar surface area (TPSA) is 108 Å². The van der Waals surface area contributed by atoms with Crippen LogP contribution in [-0.2, 0) is 9.53 Å². The van der Waals surface area contributed by atoms with E-state index in [1.807, 2.05) is 0 Å². The molecule has 2 amide bonds. The molecule has 2 fully saturated rings. The number of carbonyl (C=O) groups is 2. The summed E-state index contributed by atoms with van der Waals surface area (Å²) in [6.07, 6.45) is 2.87. The fraction of sp³-hybridized carbons (Fsp3) is 0.833. The van der Waals surface area contributed by atoms with E-state index in [2.05, 4.69) is 10.6 Å². The number of hydrogen-bond acceptors (Lipinski definition) is 4. The van der Waals surface area contributed by atoms with Crippen LogP contribution in [0.3, 0.4) is 0 Å². The third kappa shape index (κ3) is 3.57. The molecule has 108 valence electrons. The Morgan fingerprint density at radius 1 is 1.05 bits per heavy atom. The van der Waals surface area contributed by atoms with Crippen molar-refractivity contribution in [1.29, 1.82) is 0 Å². The van der Waals surface area contributed by atoms with Crippen LogP contribution in [0.4, 0.5) is 4.79 Å². The third-order valence-electron chi connectivity index (χ3n) is 3.76. The van der Waals surface area contributed by atoms with E-state index >= 15 is 0 Å². The van der Waals surface area contributed by atoms with Gasteiger partial charge < -0.3 is 25.6 Å². The van der Waals surface area contributed by atoms with Crippen LogP contribution in [0.2, 0.25) is 0 Å². The minimum absolute atomic E-state index is 0.117. The van der Waals surface area contributed by atoms with Gasteiger partial charge in [-0.1, -0.05) is 12.8 Å². The first-order chi connectivity index (χ1) is 9.08. The maximum atomic E-state index is 11.8. The molecule has 1 saturated carbocycles. The molecule has 0 aromatic heterocycles. The van der Waals surface area contributed by atoms with E-state index in [1.54, 1.807) is 0 Å². The Labute approximate surface area is 111 Å². The number of aliphatic carboxylic acids is 1. The van der Waals surface area contributed by atoms with Gasteiger partial charge in [0, 0.05) is 0 Å². The number of nitrogens with one attached hydrogen (secondary N) is 2. The van der Waals surface area contributed by atoms with Crippen LogP contribution in [0, 0.1) is 5.92 Å². The molecule has 0 aromatic rings. The molecule has 1 heterocycles. The number of rotatable bonds is 3. The van der Waals surface area contributed by atoms with Gasteiger partial charge in [-0.05, 0) is 12.8 Å². The maximum Gasteiger partial charge on any atom is 0.315 e. The molecule has 0 radical (unpaired) electrons. The average Bonchev–Trinajstić information content (AvgIpc) is 2.80. The smallest absolute Gasteiger partial charge is 0.315 e. The molecule has 4 atom stereocenters. The first-order valence-corrected chi connectivity index (χ1v) is 6.63. The number of amides is 2. The SMILES string of the molecule is O=C(NC1CCCCC1O)NC1COCC1C(=O)O. The molecule has 4 unspecified atom stereocenters. The first kappa shape index (κ1) is 14.1. The Kier molecular flexibility index (Phi) is 4.60. The monoisotopic (exact) mass is 272 g/mol. The van der Waals surface area contributed by atoms with Crippen molar-refractivity contribution in [2.75, 3.05) is 13.2 Å². The molecule has 7 heteroatoms. The normalized spacial score (nSPS) is 34.8. The van der Waals surface area contributed by atoms with Gasteiger partial charge in [-0.2, -0.15) is 0 Å². The second-order valence-corrected chi connectivity index (χ2v) is 5.16. The van der Waals surface area contributed by atoms with Crippen molar-refractivity contribution < 1.29 is 24.5 Å². The molecule has 0 aromatic carbocycles. The Morgan fingerprint density at radius 2 is 1.74 bits per heavy atom. The lowest BCUT2D eigenvalue weighted by Gasteiger charge is -2.29. The number of ether oxygens (including phenoxy) is 1. The number of carboxylic acids is 1. The molecule has 7 nitrogen and oxygen atoms in total. The van der Waals surface area contributed by atoms with Crippen LogP contribution >= 0.6 is 0 Å². The van der Waals surface area contributed by atoms with Gasteiger partial charge >= 0.3 is 12.0 Å². The lowest BCUT2D eigenvalue weighted by atomic mass is 9.93. The largest absolute Gasteiger partial charge is 0.481 e. The van der Waals surface area contributed by atoms with Crippen LogP contribution in [-0.4, -0.2) is 53.6 Å². The number of carbonyl (C=O) groups excluding carboxylic acids is 1. The van der Waals surface area contributed by atoms with Gasteiger partial charge in [-0.25, -0.2) is 4.79 Å². The fourth-order valence-electron chi connectivity index (χ4n) is 2.60. The first-order valence-electron chi connectivity index (χ1n) is 6.63. The second-order valence-electron chi connectivity index (χ2n) is 5.16. The molecule has 0 spiro atoms. The Hall–Kier alpha value is -1.34. The summed E-state index contributed by atoms with van der Waals surface area (Å²) in [5.41, 5.74) is 0.